The van der Waals surface area contributed by atoms with Gasteiger partial charge in [-0.25, -0.2) is 0 Å². The van der Waals surface area contributed by atoms with Crippen LogP contribution in [-0.4, -0.2) is 8.07 Å². The van der Waals surface area contributed by atoms with Gasteiger partial charge in [0.2, 0.25) is 0 Å². The Kier molecular flexibility index (Phi) is 7.06. The summed E-state index contributed by atoms with van der Waals surface area (Å²) in [6.45, 7) is 2.46. The number of allylic oxidation sites excluding steroid dienone is 8. The molecule has 102 valence electrons. The topological polar surface area (TPSA) is 0 Å². The van der Waals surface area contributed by atoms with E-state index in [0.717, 1.165) is 0 Å². The van der Waals surface area contributed by atoms with Gasteiger partial charge in [-0.05, 0) is 0 Å². The third-order valence-corrected chi connectivity index (χ3v) is 16.4. The molecular weight excluding hydrogens is 458 g/mol. The maximum atomic E-state index is 2.51. The molecule has 3 aliphatic rings. The van der Waals surface area contributed by atoms with Crippen LogP contribution >= 0.6 is 0 Å². The molecule has 1 saturated heterocycles. The van der Waals surface area contributed by atoms with Crippen LogP contribution in [0.25, 0.3) is 0 Å². The van der Waals surface area contributed by atoms with Crippen LogP contribution in [0.3, 0.4) is 0 Å². The zero-order valence-electron chi connectivity index (χ0n) is 11.4. The Hall–Kier alpha value is 0.627. The fourth-order valence-electron chi connectivity index (χ4n) is 3.31. The Labute approximate surface area is 141 Å². The van der Waals surface area contributed by atoms with Gasteiger partial charge in [0.05, 0.1) is 0 Å². The second kappa shape index (κ2) is 7.58. The summed E-state index contributed by atoms with van der Waals surface area (Å²) in [6, 6.07) is 4.71. The minimum Gasteiger partial charge on any atom is -1.00 e. The van der Waals surface area contributed by atoms with Gasteiger partial charge in [0.1, 0.15) is 0 Å². The zero-order chi connectivity index (χ0) is 11.7. The zero-order valence-corrected chi connectivity index (χ0v) is 17.5. The Morgan fingerprint density at radius 2 is 1.95 bits per heavy atom. The quantitative estimate of drug-likeness (QED) is 0.435. The van der Waals surface area contributed by atoms with E-state index in [9.17, 15) is 0 Å². The smallest absolute Gasteiger partial charge is 1.00 e. The van der Waals surface area contributed by atoms with Crippen molar-refractivity contribution < 1.29 is 47.7 Å². The average Bonchev–Trinajstić information content (AvgIpc) is 2.91. The molecule has 0 unspecified atom stereocenters. The largest absolute Gasteiger partial charge is 1.00 e. The van der Waals surface area contributed by atoms with Gasteiger partial charge < -0.3 is 24.8 Å². The molecule has 0 aromatic rings. The molecule has 1 aliphatic heterocycles. The minimum absolute atomic E-state index is 0. The first-order valence-electron chi connectivity index (χ1n) is 6.87. The Morgan fingerprint density at radius 3 is 2.47 bits per heavy atom. The van der Waals surface area contributed by atoms with Crippen LogP contribution in [0.1, 0.15) is 26.2 Å². The molecule has 1 heterocycles. The van der Waals surface area contributed by atoms with Gasteiger partial charge in [-0.1, -0.05) is 0 Å². The van der Waals surface area contributed by atoms with Crippen molar-refractivity contribution in [2.24, 2.45) is 0 Å². The summed E-state index contributed by atoms with van der Waals surface area (Å²) in [5, 5.41) is 2.00. The van der Waals surface area contributed by atoms with E-state index >= 15 is 0 Å². The van der Waals surface area contributed by atoms with Gasteiger partial charge in [0.25, 0.3) is 0 Å². The summed E-state index contributed by atoms with van der Waals surface area (Å²) in [5.41, 5.74) is 0. The first-order valence-corrected chi connectivity index (χ1v) is 13.1. The normalized spacial score (nSPS) is 22.3. The molecule has 0 spiro atoms. The molecule has 0 nitrogen and oxygen atoms in total. The molecule has 0 aromatic heterocycles. The molecule has 0 radical (unpaired) electrons. The van der Waals surface area contributed by atoms with Crippen LogP contribution < -0.4 is 24.8 Å². The standard InChI is InChI=1S/C10H15Si.C5H5.2ClH.Hf/c1-2-11(8-5-9-11)10-6-3-4-7-10;1-2-4-5-3-1;;;/h3-4H,2,5-6,8-9H2,1H3;1-3H,4H2;2*1H;/q;;;;+2/p-2. The monoisotopic (exact) mass is 478 g/mol. The summed E-state index contributed by atoms with van der Waals surface area (Å²) in [6.07, 6.45) is 16.1. The van der Waals surface area contributed by atoms with E-state index in [1.54, 1.807) is 12.1 Å². The van der Waals surface area contributed by atoms with E-state index in [1.165, 1.54) is 25.3 Å². The molecular formula is C15H20Cl2HfSi. The third-order valence-electron chi connectivity index (χ3n) is 4.63. The van der Waals surface area contributed by atoms with E-state index in [2.05, 4.69) is 37.3 Å². The second-order valence-corrected chi connectivity index (χ2v) is 15.4. The molecule has 2 aliphatic carbocycles. The fourth-order valence-corrected chi connectivity index (χ4v) is 15.1. The van der Waals surface area contributed by atoms with Gasteiger partial charge in [0.15, 0.2) is 0 Å². The Balaban J connectivity index is 0.000000902. The maximum absolute atomic E-state index is 2.51. The molecule has 0 saturated carbocycles. The predicted molar refractivity (Wildman–Crippen MR) is 73.1 cm³/mol. The van der Waals surface area contributed by atoms with Crippen molar-refractivity contribution in [3.05, 3.63) is 42.2 Å². The van der Waals surface area contributed by atoms with Crippen LogP contribution in [0, 0.1) is 0 Å². The van der Waals surface area contributed by atoms with Crippen LogP contribution in [0.15, 0.2) is 42.2 Å². The van der Waals surface area contributed by atoms with Crippen molar-refractivity contribution in [1.82, 2.24) is 0 Å². The predicted octanol–water partition coefficient (Wildman–Crippen LogP) is -1.45. The Bertz CT molecular complexity index is 440. The van der Waals surface area contributed by atoms with Crippen molar-refractivity contribution >= 4 is 8.07 Å². The first kappa shape index (κ1) is 17.7. The van der Waals surface area contributed by atoms with Crippen molar-refractivity contribution in [2.75, 3.05) is 0 Å². The number of hydrogen-bond acceptors (Lipinski definition) is 0. The van der Waals surface area contributed by atoms with Crippen molar-refractivity contribution in [2.45, 2.75) is 44.3 Å². The molecule has 0 aromatic carbocycles. The average molecular weight is 478 g/mol. The van der Waals surface area contributed by atoms with E-state index in [0.29, 0.717) is 0 Å². The van der Waals surface area contributed by atoms with Crippen LogP contribution in [0.5, 0.6) is 0 Å². The molecule has 3 rings (SSSR count). The van der Waals surface area contributed by atoms with Crippen molar-refractivity contribution in [3.8, 4) is 0 Å². The van der Waals surface area contributed by atoms with Crippen molar-refractivity contribution in [1.29, 1.82) is 0 Å². The SMILES string of the molecule is CC[Si]1(C2=[C]([Hf+2][C]3=CC=CC3)C=CC2)CCC1.[Cl-].[Cl-]. The minimum atomic E-state index is -0.901. The summed E-state index contributed by atoms with van der Waals surface area (Å²) in [5.74, 6) is 0. The molecule has 0 amide bonds. The summed E-state index contributed by atoms with van der Waals surface area (Å²) in [4.78, 5) is 0. The maximum Gasteiger partial charge on any atom is -1.00 e. The van der Waals surface area contributed by atoms with Crippen LogP contribution in [0.4, 0.5) is 0 Å². The number of halogens is 2. The van der Waals surface area contributed by atoms with Gasteiger partial charge in [0, 0.05) is 0 Å². The van der Waals surface area contributed by atoms with Crippen LogP contribution in [0.2, 0.25) is 18.1 Å². The molecule has 19 heavy (non-hydrogen) atoms. The summed E-state index contributed by atoms with van der Waals surface area (Å²) < 4.78 is 3.71. The van der Waals surface area contributed by atoms with E-state index < -0.39 is 31.0 Å². The van der Waals surface area contributed by atoms with Crippen molar-refractivity contribution in [3.63, 3.8) is 0 Å². The number of rotatable bonds is 4. The second-order valence-electron chi connectivity index (χ2n) is 5.44. The molecule has 4 heteroatoms. The summed E-state index contributed by atoms with van der Waals surface area (Å²) in [7, 11) is -0.901. The summed E-state index contributed by atoms with van der Waals surface area (Å²) >= 11 is -0.662. The van der Waals surface area contributed by atoms with Gasteiger partial charge in [-0.15, -0.1) is 0 Å². The molecule has 1 fully saturated rings. The first-order chi connectivity index (χ1) is 8.34. The van der Waals surface area contributed by atoms with Gasteiger partial charge >= 0.3 is 118 Å². The van der Waals surface area contributed by atoms with E-state index in [-0.39, 0.29) is 24.8 Å². The third kappa shape index (κ3) is 3.45. The molecule has 0 bridgehead atoms. The fraction of sp³-hybridized carbons (Fsp3) is 0.467. The van der Waals surface area contributed by atoms with E-state index in [1.807, 2.05) is 11.9 Å². The van der Waals surface area contributed by atoms with Gasteiger partial charge in [-0.3, -0.25) is 0 Å². The van der Waals surface area contributed by atoms with Gasteiger partial charge in [-0.2, -0.15) is 0 Å². The Morgan fingerprint density at radius 1 is 1.16 bits per heavy atom. The van der Waals surface area contributed by atoms with Crippen LogP contribution in [-0.2, 0) is 22.9 Å². The van der Waals surface area contributed by atoms with E-state index in [4.69, 9.17) is 0 Å². The number of hydrogen-bond donors (Lipinski definition) is 0. The molecule has 0 atom stereocenters. The molecule has 0 N–H and O–H groups in total.